The second kappa shape index (κ2) is 13.5. The van der Waals surface area contributed by atoms with Gasteiger partial charge >= 0.3 is 0 Å². The summed E-state index contributed by atoms with van der Waals surface area (Å²) >= 11 is 0. The molecule has 0 spiro atoms. The molecule has 72 valence electrons. The fourth-order valence-electron chi connectivity index (χ4n) is 0.418. The number of nitrogens with zero attached hydrogens (tertiary/aromatic N) is 1. The number of H-pyrrole nitrogens is 1. The van der Waals surface area contributed by atoms with Crippen LogP contribution in [0.2, 0.25) is 6.32 Å². The molecule has 1 aromatic heterocycles. The fourth-order valence-corrected chi connectivity index (χ4v) is 0.418. The lowest BCUT2D eigenvalue weighted by Gasteiger charge is -1.80. The topological polar surface area (TPSA) is 45.8 Å². The van der Waals surface area contributed by atoms with Crippen LogP contribution in [0.25, 0.3) is 0 Å². The molecular formula is C9H17BN2O. The molecule has 0 aliphatic rings. The Bertz CT molecular complexity index is 159. The number of hydrogen-bond donors (Lipinski definition) is 1. The third-order valence-corrected chi connectivity index (χ3v) is 0.902. The zero-order valence-corrected chi connectivity index (χ0v) is 8.58. The van der Waals surface area contributed by atoms with Gasteiger partial charge in [0, 0.05) is 12.4 Å². The van der Waals surface area contributed by atoms with Crippen molar-refractivity contribution in [3.63, 3.8) is 0 Å². The Balaban J connectivity index is 0. The Kier molecular flexibility index (Phi) is 15.1. The predicted molar refractivity (Wildman–Crippen MR) is 55.8 cm³/mol. The Hall–Kier alpha value is -1.06. The van der Waals surface area contributed by atoms with E-state index in [-0.39, 0.29) is 5.78 Å². The number of carbonyl (C=O) groups is 1. The maximum atomic E-state index is 9.96. The SMILES string of the molecule is CC.[B]CCC(C)=O.c1cn[nH]c1. The van der Waals surface area contributed by atoms with Crippen LogP contribution in [0.3, 0.4) is 0 Å². The predicted octanol–water partition coefficient (Wildman–Crippen LogP) is 1.99. The van der Waals surface area contributed by atoms with Gasteiger partial charge in [0.2, 0.25) is 0 Å². The average molecular weight is 180 g/mol. The Morgan fingerprint density at radius 1 is 1.54 bits per heavy atom. The van der Waals surface area contributed by atoms with Crippen molar-refractivity contribution in [3.05, 3.63) is 18.5 Å². The summed E-state index contributed by atoms with van der Waals surface area (Å²) in [6, 6.07) is 1.83. The molecule has 1 heterocycles. The van der Waals surface area contributed by atoms with E-state index in [1.54, 1.807) is 12.4 Å². The summed E-state index contributed by atoms with van der Waals surface area (Å²) in [7, 11) is 5.01. The number of ketones is 1. The first-order valence-electron chi connectivity index (χ1n) is 4.40. The van der Waals surface area contributed by atoms with Crippen LogP contribution in [0, 0.1) is 0 Å². The van der Waals surface area contributed by atoms with Crippen molar-refractivity contribution in [3.8, 4) is 0 Å². The third-order valence-electron chi connectivity index (χ3n) is 0.902. The van der Waals surface area contributed by atoms with Gasteiger partial charge in [-0.1, -0.05) is 20.2 Å². The second-order valence-corrected chi connectivity index (χ2v) is 2.01. The van der Waals surface area contributed by atoms with E-state index in [0.717, 1.165) is 0 Å². The average Bonchev–Trinajstić information content (AvgIpc) is 2.64. The number of carbonyl (C=O) groups excluding carboxylic acids is 1. The van der Waals surface area contributed by atoms with E-state index in [0.29, 0.717) is 12.7 Å². The number of nitrogens with one attached hydrogen (secondary N) is 1. The molecule has 1 rings (SSSR count). The van der Waals surface area contributed by atoms with Crippen LogP contribution in [0.15, 0.2) is 18.5 Å². The summed E-state index contributed by atoms with van der Waals surface area (Å²) < 4.78 is 0. The second-order valence-electron chi connectivity index (χ2n) is 2.01. The molecule has 13 heavy (non-hydrogen) atoms. The monoisotopic (exact) mass is 180 g/mol. The minimum Gasteiger partial charge on any atom is -0.300 e. The zero-order chi connectivity index (χ0) is 10.5. The van der Waals surface area contributed by atoms with Gasteiger partial charge in [-0.25, -0.2) is 0 Å². The molecule has 2 radical (unpaired) electrons. The van der Waals surface area contributed by atoms with Crippen molar-refractivity contribution in [2.45, 2.75) is 33.5 Å². The van der Waals surface area contributed by atoms with Gasteiger partial charge < -0.3 is 4.79 Å². The number of hydrogen-bond acceptors (Lipinski definition) is 2. The Labute approximate surface area is 81.3 Å². The molecule has 0 fully saturated rings. The smallest absolute Gasteiger partial charge is 0.129 e. The van der Waals surface area contributed by atoms with Crippen LogP contribution in [-0.4, -0.2) is 23.8 Å². The molecule has 0 atom stereocenters. The molecule has 1 aromatic rings. The maximum absolute atomic E-state index is 9.96. The number of Topliss-reactive ketones (excluding diaryl/α,β-unsaturated/α-hetero) is 1. The van der Waals surface area contributed by atoms with E-state index < -0.39 is 0 Å². The molecule has 0 bridgehead atoms. The van der Waals surface area contributed by atoms with Crippen LogP contribution in [0.5, 0.6) is 0 Å². The summed E-state index contributed by atoms with van der Waals surface area (Å²) in [6.45, 7) is 5.53. The van der Waals surface area contributed by atoms with Gasteiger partial charge in [0.25, 0.3) is 0 Å². The highest BCUT2D eigenvalue weighted by Gasteiger charge is 1.83. The van der Waals surface area contributed by atoms with E-state index >= 15 is 0 Å². The molecule has 0 saturated carbocycles. The Morgan fingerprint density at radius 3 is 2.23 bits per heavy atom. The quantitative estimate of drug-likeness (QED) is 0.707. The molecule has 0 amide bonds. The lowest BCUT2D eigenvalue weighted by atomic mass is 10.0. The zero-order valence-electron chi connectivity index (χ0n) is 8.58. The van der Waals surface area contributed by atoms with Gasteiger partial charge in [-0.15, -0.1) is 0 Å². The van der Waals surface area contributed by atoms with Crippen molar-refractivity contribution in [2.24, 2.45) is 0 Å². The van der Waals surface area contributed by atoms with Crippen molar-refractivity contribution < 1.29 is 4.79 Å². The first-order chi connectivity index (χ1) is 6.27. The number of aromatic amines is 1. The fraction of sp³-hybridized carbons (Fsp3) is 0.556. The summed E-state index contributed by atoms with van der Waals surface area (Å²) in [5.74, 6) is 0.164. The van der Waals surface area contributed by atoms with Crippen LogP contribution in [0.1, 0.15) is 27.2 Å². The summed E-state index contributed by atoms with van der Waals surface area (Å²) in [5, 5.41) is 6.21. The molecule has 3 nitrogen and oxygen atoms in total. The molecule has 4 heteroatoms. The van der Waals surface area contributed by atoms with Gasteiger partial charge in [0.1, 0.15) is 5.78 Å². The lowest BCUT2D eigenvalue weighted by Crippen LogP contribution is -1.85. The van der Waals surface area contributed by atoms with Crippen LogP contribution >= 0.6 is 0 Å². The molecule has 0 aromatic carbocycles. The highest BCUT2D eigenvalue weighted by atomic mass is 16.1. The highest BCUT2D eigenvalue weighted by Crippen LogP contribution is 1.82. The van der Waals surface area contributed by atoms with Crippen molar-refractivity contribution >= 4 is 13.6 Å². The molecule has 0 saturated heterocycles. The highest BCUT2D eigenvalue weighted by molar-refractivity contribution is 6.09. The van der Waals surface area contributed by atoms with Gasteiger partial charge in [0.05, 0.1) is 7.85 Å². The molecule has 0 aliphatic carbocycles. The molecule has 0 aliphatic heterocycles. The third kappa shape index (κ3) is 18.2. The maximum Gasteiger partial charge on any atom is 0.129 e. The normalized spacial score (nSPS) is 7.31. The summed E-state index contributed by atoms with van der Waals surface area (Å²) in [6.07, 6.45) is 4.45. The number of rotatable bonds is 2. The summed E-state index contributed by atoms with van der Waals surface area (Å²) in [5.41, 5.74) is 0. The van der Waals surface area contributed by atoms with Crippen molar-refractivity contribution in [1.29, 1.82) is 0 Å². The van der Waals surface area contributed by atoms with E-state index in [1.165, 1.54) is 6.92 Å². The first-order valence-corrected chi connectivity index (χ1v) is 4.40. The molecule has 0 unspecified atom stereocenters. The van der Waals surface area contributed by atoms with E-state index in [1.807, 2.05) is 19.9 Å². The molecule has 1 N–H and O–H groups in total. The van der Waals surface area contributed by atoms with Gasteiger partial charge in [-0.3, -0.25) is 5.10 Å². The van der Waals surface area contributed by atoms with Crippen molar-refractivity contribution in [1.82, 2.24) is 10.2 Å². The van der Waals surface area contributed by atoms with Crippen molar-refractivity contribution in [2.75, 3.05) is 0 Å². The lowest BCUT2D eigenvalue weighted by molar-refractivity contribution is -0.116. The largest absolute Gasteiger partial charge is 0.300 e. The Morgan fingerprint density at radius 2 is 2.15 bits per heavy atom. The van der Waals surface area contributed by atoms with E-state index in [9.17, 15) is 4.79 Å². The summed E-state index contributed by atoms with van der Waals surface area (Å²) in [4.78, 5) is 9.96. The molecular weight excluding hydrogens is 163 g/mol. The van der Waals surface area contributed by atoms with E-state index in [2.05, 4.69) is 10.2 Å². The van der Waals surface area contributed by atoms with Gasteiger partial charge in [0.15, 0.2) is 0 Å². The van der Waals surface area contributed by atoms with E-state index in [4.69, 9.17) is 7.85 Å². The van der Waals surface area contributed by atoms with Crippen LogP contribution in [-0.2, 0) is 4.79 Å². The minimum absolute atomic E-state index is 0.164. The number of aromatic nitrogens is 2. The minimum atomic E-state index is 0.164. The van der Waals surface area contributed by atoms with Crippen LogP contribution < -0.4 is 0 Å². The standard InChI is InChI=1S/C4H7BO.C3H4N2.C2H6/c1-4(6)2-3-5;1-2-4-5-3-1;1-2/h2-3H2,1H3;1-3H,(H,4,5);1-2H3. The van der Waals surface area contributed by atoms with Gasteiger partial charge in [-0.2, -0.15) is 5.10 Å². The first kappa shape index (κ1) is 14.5. The van der Waals surface area contributed by atoms with Crippen LogP contribution in [0.4, 0.5) is 0 Å². The van der Waals surface area contributed by atoms with Gasteiger partial charge in [-0.05, 0) is 19.4 Å².